The second-order valence-corrected chi connectivity index (χ2v) is 7.43. The zero-order valence-electron chi connectivity index (χ0n) is 14.8. The molecule has 1 unspecified atom stereocenters. The molecule has 0 aliphatic carbocycles. The van der Waals surface area contributed by atoms with Crippen LogP contribution in [-0.2, 0) is 13.1 Å². The van der Waals surface area contributed by atoms with Gasteiger partial charge in [-0.05, 0) is 41.1 Å². The monoisotopic (exact) mass is 413 g/mol. The maximum atomic E-state index is 11.6. The number of nitrogens with one attached hydrogen (secondary N) is 2. The van der Waals surface area contributed by atoms with Crippen LogP contribution in [0, 0.1) is 0 Å². The quantitative estimate of drug-likeness (QED) is 0.602. The second-order valence-electron chi connectivity index (χ2n) is 6.52. The SMILES string of the molecule is CNC(=O)c1ccc(C[NH+](C)Cc2c(O)ccc3cc(Br)ccc23)cc1. The number of hydrogen-bond acceptors (Lipinski definition) is 2. The zero-order valence-corrected chi connectivity index (χ0v) is 16.4. The van der Waals surface area contributed by atoms with Crippen molar-refractivity contribution in [1.82, 2.24) is 5.32 Å². The molecule has 1 amide bonds. The molecular weight excluding hydrogens is 392 g/mol. The maximum Gasteiger partial charge on any atom is 0.251 e. The molecule has 0 saturated heterocycles. The summed E-state index contributed by atoms with van der Waals surface area (Å²) in [6.07, 6.45) is 0. The molecule has 0 radical (unpaired) electrons. The summed E-state index contributed by atoms with van der Waals surface area (Å²) in [6, 6.07) is 17.4. The normalized spacial score (nSPS) is 12.1. The number of carbonyl (C=O) groups excluding carboxylic acids is 1. The third kappa shape index (κ3) is 4.06. The Kier molecular flexibility index (Phi) is 5.59. The van der Waals surface area contributed by atoms with E-state index in [0.29, 0.717) is 17.9 Å². The smallest absolute Gasteiger partial charge is 0.251 e. The van der Waals surface area contributed by atoms with Crippen LogP contribution in [0.3, 0.4) is 0 Å². The van der Waals surface area contributed by atoms with E-state index < -0.39 is 0 Å². The van der Waals surface area contributed by atoms with Gasteiger partial charge >= 0.3 is 0 Å². The van der Waals surface area contributed by atoms with Gasteiger partial charge in [0.2, 0.25) is 0 Å². The van der Waals surface area contributed by atoms with Crippen molar-refractivity contribution in [3.63, 3.8) is 0 Å². The number of aromatic hydroxyl groups is 1. The average molecular weight is 414 g/mol. The maximum absolute atomic E-state index is 11.6. The number of amides is 1. The molecule has 1 atom stereocenters. The third-order valence-corrected chi connectivity index (χ3v) is 4.99. The molecule has 0 spiro atoms. The standard InChI is InChI=1S/C21H21BrN2O2/c1-23-21(26)15-5-3-14(4-6-15)12-24(2)13-19-18-9-8-17(22)11-16(18)7-10-20(19)25/h3-11,25H,12-13H2,1-2H3,(H,23,26)/p+1. The van der Waals surface area contributed by atoms with Gasteiger partial charge in [0.1, 0.15) is 18.8 Å². The van der Waals surface area contributed by atoms with Crippen LogP contribution in [0.2, 0.25) is 0 Å². The van der Waals surface area contributed by atoms with E-state index in [1.165, 1.54) is 4.90 Å². The molecule has 3 aromatic rings. The number of quaternary nitrogens is 1. The van der Waals surface area contributed by atoms with Gasteiger partial charge in [-0.3, -0.25) is 4.79 Å². The summed E-state index contributed by atoms with van der Waals surface area (Å²) in [5.41, 5.74) is 2.76. The van der Waals surface area contributed by atoms with Gasteiger partial charge in [0, 0.05) is 22.6 Å². The van der Waals surface area contributed by atoms with Crippen molar-refractivity contribution in [3.8, 4) is 5.75 Å². The van der Waals surface area contributed by atoms with Crippen LogP contribution in [0.1, 0.15) is 21.5 Å². The highest BCUT2D eigenvalue weighted by Gasteiger charge is 2.13. The van der Waals surface area contributed by atoms with Crippen LogP contribution in [-0.4, -0.2) is 25.1 Å². The Bertz CT molecular complexity index is 939. The van der Waals surface area contributed by atoms with E-state index in [9.17, 15) is 9.90 Å². The van der Waals surface area contributed by atoms with Gasteiger partial charge in [0.05, 0.1) is 12.6 Å². The molecule has 0 heterocycles. The Morgan fingerprint density at radius 1 is 1.08 bits per heavy atom. The number of hydrogen-bond donors (Lipinski definition) is 3. The number of halogens is 1. The van der Waals surface area contributed by atoms with Crippen LogP contribution in [0.4, 0.5) is 0 Å². The second kappa shape index (κ2) is 7.89. The fraction of sp³-hybridized carbons (Fsp3) is 0.190. The molecular formula is C21H22BrN2O2+. The van der Waals surface area contributed by atoms with E-state index in [1.54, 1.807) is 13.1 Å². The van der Waals surface area contributed by atoms with Crippen molar-refractivity contribution in [2.75, 3.05) is 14.1 Å². The lowest BCUT2D eigenvalue weighted by atomic mass is 10.0. The van der Waals surface area contributed by atoms with Gasteiger partial charge in [-0.2, -0.15) is 0 Å². The van der Waals surface area contributed by atoms with Crippen LogP contribution in [0.5, 0.6) is 5.75 Å². The minimum atomic E-state index is -0.0795. The van der Waals surface area contributed by atoms with E-state index in [-0.39, 0.29) is 5.91 Å². The van der Waals surface area contributed by atoms with Crippen molar-refractivity contribution in [3.05, 3.63) is 75.8 Å². The Morgan fingerprint density at radius 2 is 1.81 bits per heavy atom. The van der Waals surface area contributed by atoms with E-state index in [0.717, 1.165) is 32.9 Å². The third-order valence-electron chi connectivity index (χ3n) is 4.50. The highest BCUT2D eigenvalue weighted by atomic mass is 79.9. The lowest BCUT2D eigenvalue weighted by Crippen LogP contribution is -3.06. The van der Waals surface area contributed by atoms with Crippen LogP contribution < -0.4 is 10.2 Å². The number of benzene rings is 3. The molecule has 5 heteroatoms. The topological polar surface area (TPSA) is 53.8 Å². The average Bonchev–Trinajstić information content (AvgIpc) is 2.64. The number of carbonyl (C=O) groups is 1. The number of rotatable bonds is 5. The molecule has 26 heavy (non-hydrogen) atoms. The molecule has 0 aromatic heterocycles. The van der Waals surface area contributed by atoms with Gasteiger partial charge in [0.25, 0.3) is 5.91 Å². The molecule has 3 rings (SSSR count). The molecule has 134 valence electrons. The highest BCUT2D eigenvalue weighted by molar-refractivity contribution is 9.10. The van der Waals surface area contributed by atoms with Crippen LogP contribution >= 0.6 is 15.9 Å². The minimum absolute atomic E-state index is 0.0795. The first-order valence-corrected chi connectivity index (χ1v) is 9.29. The molecule has 4 nitrogen and oxygen atoms in total. The van der Waals surface area contributed by atoms with Gasteiger partial charge in [-0.1, -0.05) is 40.2 Å². The first-order chi connectivity index (χ1) is 12.5. The fourth-order valence-corrected chi connectivity index (χ4v) is 3.55. The summed E-state index contributed by atoms with van der Waals surface area (Å²) < 4.78 is 1.03. The van der Waals surface area contributed by atoms with Gasteiger partial charge in [0.15, 0.2) is 0 Å². The molecule has 3 aromatic carbocycles. The molecule has 0 aliphatic rings. The van der Waals surface area contributed by atoms with Crippen LogP contribution in [0.25, 0.3) is 10.8 Å². The molecule has 0 fully saturated rings. The van der Waals surface area contributed by atoms with E-state index in [1.807, 2.05) is 42.5 Å². The summed E-state index contributed by atoms with van der Waals surface area (Å²) in [4.78, 5) is 12.9. The fourth-order valence-electron chi connectivity index (χ4n) is 3.17. The van der Waals surface area contributed by atoms with Gasteiger partial charge in [-0.15, -0.1) is 0 Å². The van der Waals surface area contributed by atoms with Crippen molar-refractivity contribution >= 4 is 32.6 Å². The Hall–Kier alpha value is -2.37. The van der Waals surface area contributed by atoms with Gasteiger partial charge < -0.3 is 15.3 Å². The van der Waals surface area contributed by atoms with E-state index in [4.69, 9.17) is 0 Å². The first-order valence-electron chi connectivity index (χ1n) is 8.50. The lowest BCUT2D eigenvalue weighted by Gasteiger charge is -2.17. The molecule has 3 N–H and O–H groups in total. The largest absolute Gasteiger partial charge is 0.507 e. The summed E-state index contributed by atoms with van der Waals surface area (Å²) in [5.74, 6) is 0.248. The molecule has 0 bridgehead atoms. The Morgan fingerprint density at radius 3 is 2.50 bits per heavy atom. The predicted octanol–water partition coefficient (Wildman–Crippen LogP) is 2.88. The molecule has 0 aliphatic heterocycles. The van der Waals surface area contributed by atoms with Crippen molar-refractivity contribution in [1.29, 1.82) is 0 Å². The molecule has 0 saturated carbocycles. The summed E-state index contributed by atoms with van der Waals surface area (Å²) in [5, 5.41) is 15.2. The van der Waals surface area contributed by atoms with E-state index >= 15 is 0 Å². The number of phenolic OH excluding ortho intramolecular Hbond substituents is 1. The Labute approximate surface area is 161 Å². The van der Waals surface area contributed by atoms with Crippen molar-refractivity contribution in [2.24, 2.45) is 0 Å². The summed E-state index contributed by atoms with van der Waals surface area (Å²) >= 11 is 3.50. The number of fused-ring (bicyclic) bond motifs is 1. The first kappa shape index (κ1) is 18.4. The van der Waals surface area contributed by atoms with E-state index in [2.05, 4.69) is 34.4 Å². The predicted molar refractivity (Wildman–Crippen MR) is 107 cm³/mol. The number of phenols is 1. The summed E-state index contributed by atoms with van der Waals surface area (Å²) in [7, 11) is 3.73. The Balaban J connectivity index is 1.78. The van der Waals surface area contributed by atoms with Crippen LogP contribution in [0.15, 0.2) is 59.1 Å². The zero-order chi connectivity index (χ0) is 18.7. The van der Waals surface area contributed by atoms with Crippen molar-refractivity contribution < 1.29 is 14.8 Å². The van der Waals surface area contributed by atoms with Crippen molar-refractivity contribution in [2.45, 2.75) is 13.1 Å². The van der Waals surface area contributed by atoms with Gasteiger partial charge in [-0.25, -0.2) is 0 Å². The minimum Gasteiger partial charge on any atom is -0.507 e. The summed E-state index contributed by atoms with van der Waals surface area (Å²) in [6.45, 7) is 1.52. The highest BCUT2D eigenvalue weighted by Crippen LogP contribution is 2.28. The lowest BCUT2D eigenvalue weighted by molar-refractivity contribution is -0.907.